The lowest BCUT2D eigenvalue weighted by Gasteiger charge is -2.01. The lowest BCUT2D eigenvalue weighted by Crippen LogP contribution is -2.02. The molecule has 80 valence electrons. The SMILES string of the molecule is CSCCOc1ncc2cc(Br)sc2n1. The number of halogens is 1. The maximum atomic E-state index is 5.41. The molecular weight excluding hydrogens is 296 g/mol. The predicted octanol–water partition coefficient (Wildman–Crippen LogP) is 3.20. The van der Waals surface area contributed by atoms with Crippen molar-refractivity contribution in [3.8, 4) is 6.01 Å². The average Bonchev–Trinajstić information content (AvgIpc) is 2.57. The van der Waals surface area contributed by atoms with Gasteiger partial charge in [0.25, 0.3) is 0 Å². The van der Waals surface area contributed by atoms with Crippen LogP contribution in [0.5, 0.6) is 6.01 Å². The van der Waals surface area contributed by atoms with Gasteiger partial charge in [-0.05, 0) is 28.3 Å². The Morgan fingerprint density at radius 1 is 1.60 bits per heavy atom. The molecule has 0 N–H and O–H groups in total. The second kappa shape index (κ2) is 5.14. The third kappa shape index (κ3) is 2.83. The van der Waals surface area contributed by atoms with E-state index in [0.717, 1.165) is 19.8 Å². The summed E-state index contributed by atoms with van der Waals surface area (Å²) in [5.74, 6) is 0.954. The summed E-state index contributed by atoms with van der Waals surface area (Å²) < 4.78 is 6.48. The van der Waals surface area contributed by atoms with Gasteiger partial charge in [0.05, 0.1) is 3.79 Å². The monoisotopic (exact) mass is 304 g/mol. The van der Waals surface area contributed by atoms with Gasteiger partial charge in [-0.15, -0.1) is 11.3 Å². The summed E-state index contributed by atoms with van der Waals surface area (Å²) in [4.78, 5) is 9.40. The van der Waals surface area contributed by atoms with E-state index in [2.05, 4.69) is 25.9 Å². The summed E-state index contributed by atoms with van der Waals surface area (Å²) in [6.07, 6.45) is 3.84. The summed E-state index contributed by atoms with van der Waals surface area (Å²) in [7, 11) is 0. The van der Waals surface area contributed by atoms with Gasteiger partial charge in [0.2, 0.25) is 0 Å². The van der Waals surface area contributed by atoms with Gasteiger partial charge in [0, 0.05) is 17.3 Å². The molecule has 0 saturated heterocycles. The van der Waals surface area contributed by atoms with Crippen LogP contribution >= 0.6 is 39.0 Å². The molecule has 0 fully saturated rings. The highest BCUT2D eigenvalue weighted by molar-refractivity contribution is 9.11. The Morgan fingerprint density at radius 2 is 2.47 bits per heavy atom. The molecule has 6 heteroatoms. The van der Waals surface area contributed by atoms with Crippen LogP contribution in [0.2, 0.25) is 0 Å². The molecular formula is C9H9BrN2OS2. The Labute approximate surface area is 104 Å². The molecule has 0 bridgehead atoms. The molecule has 3 nitrogen and oxygen atoms in total. The number of nitrogens with zero attached hydrogens (tertiary/aromatic N) is 2. The van der Waals surface area contributed by atoms with Crippen LogP contribution in [0.15, 0.2) is 16.0 Å². The Hall–Kier alpha value is -0.330. The highest BCUT2D eigenvalue weighted by atomic mass is 79.9. The van der Waals surface area contributed by atoms with Crippen molar-refractivity contribution in [2.45, 2.75) is 0 Å². The lowest BCUT2D eigenvalue weighted by atomic mass is 10.4. The van der Waals surface area contributed by atoms with Gasteiger partial charge in [-0.1, -0.05) is 0 Å². The maximum Gasteiger partial charge on any atom is 0.317 e. The molecule has 2 rings (SSSR count). The highest BCUT2D eigenvalue weighted by Crippen LogP contribution is 2.28. The summed E-state index contributed by atoms with van der Waals surface area (Å²) in [5.41, 5.74) is 0. The number of fused-ring (bicyclic) bond motifs is 1. The molecule has 0 aliphatic carbocycles. The minimum atomic E-state index is 0.464. The summed E-state index contributed by atoms with van der Waals surface area (Å²) in [5, 5.41) is 1.05. The fourth-order valence-electron chi connectivity index (χ4n) is 1.07. The predicted molar refractivity (Wildman–Crippen MR) is 69.0 cm³/mol. The highest BCUT2D eigenvalue weighted by Gasteiger charge is 2.04. The molecule has 0 spiro atoms. The van der Waals surface area contributed by atoms with Gasteiger partial charge in [-0.3, -0.25) is 0 Å². The van der Waals surface area contributed by atoms with Crippen molar-refractivity contribution in [1.82, 2.24) is 9.97 Å². The maximum absolute atomic E-state index is 5.41. The second-order valence-electron chi connectivity index (χ2n) is 2.80. The molecule has 0 saturated carbocycles. The van der Waals surface area contributed by atoms with Gasteiger partial charge in [0.1, 0.15) is 11.4 Å². The normalized spacial score (nSPS) is 10.8. The van der Waals surface area contributed by atoms with Crippen LogP contribution in [0.1, 0.15) is 0 Å². The quantitative estimate of drug-likeness (QED) is 0.813. The molecule has 0 amide bonds. The fourth-order valence-corrected chi connectivity index (χ4v) is 2.75. The molecule has 0 atom stereocenters. The van der Waals surface area contributed by atoms with Crippen molar-refractivity contribution in [2.24, 2.45) is 0 Å². The fraction of sp³-hybridized carbons (Fsp3) is 0.333. The third-order valence-electron chi connectivity index (χ3n) is 1.74. The molecule has 0 unspecified atom stereocenters. The zero-order chi connectivity index (χ0) is 10.7. The third-order valence-corrected chi connectivity index (χ3v) is 3.86. The number of thiophene rings is 1. The van der Waals surface area contributed by atoms with E-state index >= 15 is 0 Å². The first kappa shape index (κ1) is 11.2. The molecule has 2 aromatic heterocycles. The smallest absolute Gasteiger partial charge is 0.317 e. The van der Waals surface area contributed by atoms with Crippen LogP contribution in [-0.2, 0) is 0 Å². The molecule has 15 heavy (non-hydrogen) atoms. The second-order valence-corrected chi connectivity index (χ2v) is 6.20. The van der Waals surface area contributed by atoms with Crippen LogP contribution < -0.4 is 4.74 Å². The zero-order valence-corrected chi connectivity index (χ0v) is 11.3. The summed E-state index contributed by atoms with van der Waals surface area (Å²) >= 11 is 6.75. The Balaban J connectivity index is 2.15. The number of hydrogen-bond acceptors (Lipinski definition) is 5. The molecule has 0 aliphatic heterocycles. The van der Waals surface area contributed by atoms with E-state index in [4.69, 9.17) is 4.74 Å². The number of ether oxygens (including phenoxy) is 1. The standard InChI is InChI=1S/C9H9BrN2OS2/c1-14-3-2-13-9-11-5-6-4-7(10)15-8(6)12-9/h4-5H,2-3H2,1H3. The summed E-state index contributed by atoms with van der Waals surface area (Å²) in [6.45, 7) is 0.652. The number of aromatic nitrogens is 2. The number of hydrogen-bond donors (Lipinski definition) is 0. The summed E-state index contributed by atoms with van der Waals surface area (Å²) in [6, 6.07) is 2.47. The van der Waals surface area contributed by atoms with Crippen LogP contribution in [0.4, 0.5) is 0 Å². The van der Waals surface area contributed by atoms with E-state index in [1.165, 1.54) is 0 Å². The largest absolute Gasteiger partial charge is 0.463 e. The van der Waals surface area contributed by atoms with E-state index in [0.29, 0.717) is 12.6 Å². The van der Waals surface area contributed by atoms with Crippen molar-refractivity contribution < 1.29 is 4.74 Å². The van der Waals surface area contributed by atoms with Crippen molar-refractivity contribution in [2.75, 3.05) is 18.6 Å². The molecule has 0 aromatic carbocycles. The lowest BCUT2D eigenvalue weighted by molar-refractivity contribution is 0.317. The van der Waals surface area contributed by atoms with Crippen LogP contribution in [0, 0.1) is 0 Å². The topological polar surface area (TPSA) is 35.0 Å². The Morgan fingerprint density at radius 3 is 3.27 bits per heavy atom. The van der Waals surface area contributed by atoms with Gasteiger partial charge >= 0.3 is 6.01 Å². The minimum absolute atomic E-state index is 0.464. The van der Waals surface area contributed by atoms with E-state index < -0.39 is 0 Å². The van der Waals surface area contributed by atoms with Crippen molar-refractivity contribution in [1.29, 1.82) is 0 Å². The minimum Gasteiger partial charge on any atom is -0.463 e. The van der Waals surface area contributed by atoms with Gasteiger partial charge < -0.3 is 4.74 Å². The molecule has 2 aromatic rings. The van der Waals surface area contributed by atoms with Crippen LogP contribution in [0.25, 0.3) is 10.2 Å². The first-order valence-corrected chi connectivity index (χ1v) is 7.34. The first-order chi connectivity index (χ1) is 7.29. The van der Waals surface area contributed by atoms with E-state index in [9.17, 15) is 0 Å². The first-order valence-electron chi connectivity index (χ1n) is 4.33. The number of rotatable bonds is 4. The van der Waals surface area contributed by atoms with Crippen LogP contribution in [0.3, 0.4) is 0 Å². The Kier molecular flexibility index (Phi) is 3.82. The average molecular weight is 305 g/mol. The van der Waals surface area contributed by atoms with E-state index in [1.54, 1.807) is 29.3 Å². The van der Waals surface area contributed by atoms with Crippen molar-refractivity contribution >= 4 is 49.2 Å². The zero-order valence-electron chi connectivity index (χ0n) is 8.07. The van der Waals surface area contributed by atoms with Crippen molar-refractivity contribution in [3.05, 3.63) is 16.0 Å². The Bertz CT molecular complexity index is 460. The van der Waals surface area contributed by atoms with E-state index in [1.807, 2.05) is 12.3 Å². The molecule has 2 heterocycles. The van der Waals surface area contributed by atoms with E-state index in [-0.39, 0.29) is 0 Å². The molecule has 0 radical (unpaired) electrons. The van der Waals surface area contributed by atoms with Gasteiger partial charge in [0.15, 0.2) is 0 Å². The molecule has 0 aliphatic rings. The van der Waals surface area contributed by atoms with Crippen molar-refractivity contribution in [3.63, 3.8) is 0 Å². The number of thioether (sulfide) groups is 1. The van der Waals surface area contributed by atoms with Crippen LogP contribution in [-0.4, -0.2) is 28.6 Å². The van der Waals surface area contributed by atoms with Gasteiger partial charge in [-0.2, -0.15) is 16.7 Å². The van der Waals surface area contributed by atoms with Gasteiger partial charge in [-0.25, -0.2) is 4.98 Å².